The van der Waals surface area contributed by atoms with Crippen LogP contribution in [0.3, 0.4) is 0 Å². The normalized spacial score (nSPS) is 21.6. The smallest absolute Gasteiger partial charge is 0.450 e. The molecule has 0 unspecified atom stereocenters. The zero-order valence-corrected chi connectivity index (χ0v) is 9.70. The van der Waals surface area contributed by atoms with E-state index >= 15 is 0 Å². The van der Waals surface area contributed by atoms with Crippen molar-refractivity contribution in [3.05, 3.63) is 0 Å². The number of halogens is 3. The van der Waals surface area contributed by atoms with E-state index in [2.05, 4.69) is 0 Å². The minimum absolute atomic E-state index is 0.468. The first-order chi connectivity index (χ1) is 6.37. The fourth-order valence-electron chi connectivity index (χ4n) is 1.73. The summed E-state index contributed by atoms with van der Waals surface area (Å²) in [4.78, 5) is 10.5. The van der Waals surface area contributed by atoms with E-state index in [0.29, 0.717) is 12.8 Å². The molecule has 1 N–H and O–H groups in total. The maximum absolute atomic E-state index is 10.5. The Kier molecular flexibility index (Phi) is 3.78. The third-order valence-electron chi connectivity index (χ3n) is 2.46. The number of hydrogen-bond donors (Lipinski definition) is 1. The van der Waals surface area contributed by atoms with Crippen LogP contribution >= 0.6 is 34.8 Å². The van der Waals surface area contributed by atoms with Gasteiger partial charge < -0.3 is 9.84 Å². The molecule has 0 bridgehead atoms. The first-order valence-corrected chi connectivity index (χ1v) is 5.49. The fourth-order valence-corrected chi connectivity index (χ4v) is 2.42. The molecule has 1 aliphatic carbocycles. The fraction of sp³-hybridized carbons (Fsp3) is 0.875. The molecule has 14 heavy (non-hydrogen) atoms. The van der Waals surface area contributed by atoms with Gasteiger partial charge in [-0.05, 0) is 25.7 Å². The van der Waals surface area contributed by atoms with Crippen molar-refractivity contribution >= 4 is 41.0 Å². The lowest BCUT2D eigenvalue weighted by atomic mass is 9.86. The van der Waals surface area contributed by atoms with Crippen molar-refractivity contribution in [1.29, 1.82) is 0 Å². The van der Waals surface area contributed by atoms with Crippen LogP contribution in [0.25, 0.3) is 0 Å². The molecule has 82 valence electrons. The topological polar surface area (TPSA) is 46.5 Å². The standard InChI is InChI=1S/C8H11Cl3O3/c9-8(10,11)7(14-6(12)13)4-2-1-3-5-7/h1-5H2,(H,12,13). The van der Waals surface area contributed by atoms with E-state index < -0.39 is 15.5 Å². The largest absolute Gasteiger partial charge is 0.506 e. The second kappa shape index (κ2) is 4.33. The van der Waals surface area contributed by atoms with E-state index in [4.69, 9.17) is 44.6 Å². The Morgan fingerprint density at radius 2 is 1.71 bits per heavy atom. The summed E-state index contributed by atoms with van der Waals surface area (Å²) in [5.41, 5.74) is -1.16. The number of rotatable bonds is 1. The molecule has 6 heteroatoms. The zero-order valence-electron chi connectivity index (χ0n) is 7.43. The van der Waals surface area contributed by atoms with Crippen molar-refractivity contribution in [1.82, 2.24) is 0 Å². The van der Waals surface area contributed by atoms with Crippen LogP contribution in [0.5, 0.6) is 0 Å². The Bertz CT molecular complexity index is 218. The van der Waals surface area contributed by atoms with Gasteiger partial charge in [0.2, 0.25) is 3.79 Å². The van der Waals surface area contributed by atoms with Gasteiger partial charge in [-0.15, -0.1) is 0 Å². The second-order valence-corrected chi connectivity index (χ2v) is 5.70. The average Bonchev–Trinajstić information content (AvgIpc) is 2.02. The Labute approximate surface area is 97.3 Å². The van der Waals surface area contributed by atoms with Crippen molar-refractivity contribution in [2.45, 2.75) is 41.5 Å². The molecule has 0 amide bonds. The van der Waals surface area contributed by atoms with Gasteiger partial charge in [0, 0.05) is 0 Å². The number of carbonyl (C=O) groups is 1. The van der Waals surface area contributed by atoms with E-state index in [-0.39, 0.29) is 0 Å². The molecular weight excluding hydrogens is 250 g/mol. The maximum Gasteiger partial charge on any atom is 0.506 e. The Morgan fingerprint density at radius 1 is 1.21 bits per heavy atom. The number of alkyl halides is 3. The molecular formula is C8H11Cl3O3. The first kappa shape index (κ1) is 12.2. The predicted octanol–water partition coefficient (Wildman–Crippen LogP) is 3.75. The van der Waals surface area contributed by atoms with Gasteiger partial charge in [-0.1, -0.05) is 41.2 Å². The van der Waals surface area contributed by atoms with Crippen molar-refractivity contribution in [3.63, 3.8) is 0 Å². The minimum Gasteiger partial charge on any atom is -0.450 e. The third-order valence-corrected chi connectivity index (χ3v) is 3.49. The first-order valence-electron chi connectivity index (χ1n) is 4.36. The maximum atomic E-state index is 10.5. The highest BCUT2D eigenvalue weighted by Gasteiger charge is 2.52. The number of hydrogen-bond acceptors (Lipinski definition) is 2. The SMILES string of the molecule is O=C(O)OC1(C(Cl)(Cl)Cl)CCCCC1. The Balaban J connectivity index is 2.83. The summed E-state index contributed by atoms with van der Waals surface area (Å²) in [7, 11) is 0. The van der Waals surface area contributed by atoms with Gasteiger partial charge in [-0.25, -0.2) is 4.79 Å². The highest BCUT2D eigenvalue weighted by atomic mass is 35.6. The van der Waals surface area contributed by atoms with Gasteiger partial charge in [0.25, 0.3) is 0 Å². The molecule has 1 fully saturated rings. The van der Waals surface area contributed by atoms with Crippen molar-refractivity contribution in [2.75, 3.05) is 0 Å². The monoisotopic (exact) mass is 260 g/mol. The summed E-state index contributed by atoms with van der Waals surface area (Å²) < 4.78 is 3.08. The van der Waals surface area contributed by atoms with Crippen LogP contribution in [0, 0.1) is 0 Å². The van der Waals surface area contributed by atoms with E-state index in [0.717, 1.165) is 19.3 Å². The molecule has 0 heterocycles. The minimum atomic E-state index is -1.69. The summed E-state index contributed by atoms with van der Waals surface area (Å²) in [5.74, 6) is 0. The highest BCUT2D eigenvalue weighted by Crippen LogP contribution is 2.49. The zero-order chi connectivity index (χ0) is 10.8. The van der Waals surface area contributed by atoms with E-state index in [1.54, 1.807) is 0 Å². The van der Waals surface area contributed by atoms with Crippen LogP contribution in [0.2, 0.25) is 0 Å². The Morgan fingerprint density at radius 3 is 2.07 bits per heavy atom. The number of carboxylic acid groups (broad SMARTS) is 1. The molecule has 0 atom stereocenters. The second-order valence-electron chi connectivity index (χ2n) is 3.42. The molecule has 0 saturated heterocycles. The van der Waals surface area contributed by atoms with E-state index in [9.17, 15) is 4.79 Å². The van der Waals surface area contributed by atoms with E-state index in [1.165, 1.54) is 0 Å². The predicted molar refractivity (Wildman–Crippen MR) is 55.2 cm³/mol. The molecule has 0 aromatic carbocycles. The van der Waals surface area contributed by atoms with Gasteiger partial charge in [0.1, 0.15) is 0 Å². The van der Waals surface area contributed by atoms with Crippen molar-refractivity contribution in [3.8, 4) is 0 Å². The molecule has 0 aromatic heterocycles. The molecule has 1 saturated carbocycles. The van der Waals surface area contributed by atoms with Gasteiger partial charge in [-0.3, -0.25) is 0 Å². The van der Waals surface area contributed by atoms with Crippen LogP contribution in [-0.4, -0.2) is 20.7 Å². The molecule has 0 spiro atoms. The van der Waals surface area contributed by atoms with Gasteiger partial charge >= 0.3 is 6.16 Å². The van der Waals surface area contributed by atoms with Crippen LogP contribution < -0.4 is 0 Å². The number of ether oxygens (including phenoxy) is 1. The Hall–Kier alpha value is 0.140. The van der Waals surface area contributed by atoms with Crippen LogP contribution in [0.4, 0.5) is 4.79 Å². The van der Waals surface area contributed by atoms with Crippen molar-refractivity contribution < 1.29 is 14.6 Å². The van der Waals surface area contributed by atoms with Crippen molar-refractivity contribution in [2.24, 2.45) is 0 Å². The van der Waals surface area contributed by atoms with Crippen LogP contribution in [0.1, 0.15) is 32.1 Å². The van der Waals surface area contributed by atoms with Crippen LogP contribution in [-0.2, 0) is 4.74 Å². The summed E-state index contributed by atoms with van der Waals surface area (Å²) in [6.45, 7) is 0. The summed E-state index contributed by atoms with van der Waals surface area (Å²) in [6.07, 6.45) is 2.21. The lowest BCUT2D eigenvalue weighted by Crippen LogP contribution is -2.48. The van der Waals surface area contributed by atoms with Gasteiger partial charge in [-0.2, -0.15) is 0 Å². The van der Waals surface area contributed by atoms with Gasteiger partial charge in [0.05, 0.1) is 0 Å². The lowest BCUT2D eigenvalue weighted by molar-refractivity contribution is -0.0390. The summed E-state index contributed by atoms with van der Waals surface area (Å²) >= 11 is 17.3. The van der Waals surface area contributed by atoms with Crippen LogP contribution in [0.15, 0.2) is 0 Å². The quantitative estimate of drug-likeness (QED) is 0.577. The molecule has 1 aliphatic rings. The highest BCUT2D eigenvalue weighted by molar-refractivity contribution is 6.68. The molecule has 0 aromatic rings. The molecule has 3 nitrogen and oxygen atoms in total. The third kappa shape index (κ3) is 2.59. The lowest BCUT2D eigenvalue weighted by Gasteiger charge is -2.40. The molecule has 0 radical (unpaired) electrons. The average molecular weight is 262 g/mol. The molecule has 1 rings (SSSR count). The summed E-state index contributed by atoms with van der Waals surface area (Å²) in [5, 5.41) is 8.60. The molecule has 0 aliphatic heterocycles. The van der Waals surface area contributed by atoms with Gasteiger partial charge in [0.15, 0.2) is 5.60 Å². The summed E-state index contributed by atoms with van der Waals surface area (Å²) in [6, 6.07) is 0. The van der Waals surface area contributed by atoms with E-state index in [1.807, 2.05) is 0 Å².